The number of ether oxygens (including phenoxy) is 1. The fourth-order valence-corrected chi connectivity index (χ4v) is 12.2. The Labute approximate surface area is 206 Å². The molecule has 0 aliphatic heterocycles. The van der Waals surface area contributed by atoms with Crippen LogP contribution in [0.5, 0.6) is 5.75 Å². The normalized spacial score (nSPS) is 14.5. The van der Waals surface area contributed by atoms with Gasteiger partial charge in [0.15, 0.2) is 0 Å². The summed E-state index contributed by atoms with van der Waals surface area (Å²) in [6, 6.07) is 15.3. The van der Waals surface area contributed by atoms with Crippen molar-refractivity contribution in [3.63, 3.8) is 0 Å². The second-order valence-electron chi connectivity index (χ2n) is 7.98. The number of nitrogens with zero attached hydrogens (tertiary/aromatic N) is 2. The van der Waals surface area contributed by atoms with Gasteiger partial charge in [-0.05, 0) is 55.2 Å². The van der Waals surface area contributed by atoms with Crippen molar-refractivity contribution < 1.29 is 9.30 Å². The first-order chi connectivity index (χ1) is 15.2. The van der Waals surface area contributed by atoms with Crippen LogP contribution in [0.4, 0.5) is 5.69 Å². The van der Waals surface area contributed by atoms with Gasteiger partial charge in [0.1, 0.15) is 12.4 Å². The van der Waals surface area contributed by atoms with Crippen LogP contribution in [-0.4, -0.2) is 35.2 Å². The topological polar surface area (TPSA) is 41.9 Å². The summed E-state index contributed by atoms with van der Waals surface area (Å²) in [7, 11) is 0. The Kier molecular flexibility index (Phi) is 11.5. The SMILES string of the molecule is CCC(C)SP(=O)(SCC(C)C)N(C=Nc1ccc(Cl)cc1C)CCOc1ccccc1. The maximum absolute atomic E-state index is 14.3. The summed E-state index contributed by atoms with van der Waals surface area (Å²) in [4.78, 5) is 4.69. The molecule has 2 rings (SSSR count). The van der Waals surface area contributed by atoms with E-state index < -0.39 is 5.70 Å². The number of para-hydroxylation sites is 1. The Morgan fingerprint density at radius 2 is 1.91 bits per heavy atom. The van der Waals surface area contributed by atoms with E-state index in [0.29, 0.717) is 24.1 Å². The number of aryl methyl sites for hydroxylation is 1. The molecule has 4 nitrogen and oxygen atoms in total. The Balaban J connectivity index is 2.28. The molecule has 0 radical (unpaired) electrons. The average Bonchev–Trinajstić information content (AvgIpc) is 2.76. The zero-order chi connectivity index (χ0) is 23.6. The lowest BCUT2D eigenvalue weighted by molar-refractivity contribution is 0.303. The standard InChI is InChI=1S/C24H34ClN2O2PS2/c1-6-21(5)32-30(28,31-17-19(2)3)27(14-15-29-23-10-8-7-9-11-23)18-26-24-13-12-22(25)16-20(24)4/h7-13,16,18-19,21H,6,14-15,17H2,1-5H3. The molecule has 0 saturated carbocycles. The van der Waals surface area contributed by atoms with Gasteiger partial charge in [0.05, 0.1) is 18.6 Å². The molecule has 2 aromatic rings. The molecular weight excluding hydrogens is 479 g/mol. The monoisotopic (exact) mass is 512 g/mol. The van der Waals surface area contributed by atoms with Crippen molar-refractivity contribution in [3.8, 4) is 5.75 Å². The predicted molar refractivity (Wildman–Crippen MR) is 145 cm³/mol. The van der Waals surface area contributed by atoms with Crippen molar-refractivity contribution in [1.29, 1.82) is 0 Å². The summed E-state index contributed by atoms with van der Waals surface area (Å²) in [5.74, 6) is 2.07. The molecule has 32 heavy (non-hydrogen) atoms. The van der Waals surface area contributed by atoms with Gasteiger partial charge < -0.3 is 4.74 Å². The molecular formula is C24H34ClN2O2PS2. The second-order valence-corrected chi connectivity index (χ2v) is 16.5. The van der Waals surface area contributed by atoms with Gasteiger partial charge in [0.25, 0.3) is 5.70 Å². The first-order valence-corrected chi connectivity index (χ1v) is 16.0. The molecule has 0 bridgehead atoms. The Morgan fingerprint density at radius 3 is 2.53 bits per heavy atom. The van der Waals surface area contributed by atoms with Gasteiger partial charge >= 0.3 is 0 Å². The third-order valence-corrected chi connectivity index (χ3v) is 14.2. The van der Waals surface area contributed by atoms with Crippen LogP contribution in [0.25, 0.3) is 0 Å². The lowest BCUT2D eigenvalue weighted by atomic mass is 10.2. The van der Waals surface area contributed by atoms with Crippen LogP contribution >= 0.6 is 40.1 Å². The third-order valence-electron chi connectivity index (χ3n) is 4.59. The van der Waals surface area contributed by atoms with E-state index in [4.69, 9.17) is 16.3 Å². The van der Waals surface area contributed by atoms with Crippen LogP contribution in [0.1, 0.15) is 39.7 Å². The summed E-state index contributed by atoms with van der Waals surface area (Å²) in [5, 5.41) is 0.962. The van der Waals surface area contributed by atoms with Crippen LogP contribution < -0.4 is 4.74 Å². The molecule has 2 unspecified atom stereocenters. The Morgan fingerprint density at radius 1 is 1.19 bits per heavy atom. The number of rotatable bonds is 13. The van der Waals surface area contributed by atoms with Crippen molar-refractivity contribution in [2.45, 2.75) is 46.3 Å². The molecule has 0 saturated heterocycles. The van der Waals surface area contributed by atoms with Crippen molar-refractivity contribution >= 4 is 52.1 Å². The summed E-state index contributed by atoms with van der Waals surface area (Å²) in [6.45, 7) is 11.4. The highest BCUT2D eigenvalue weighted by atomic mass is 35.5. The molecule has 0 aliphatic carbocycles. The maximum Gasteiger partial charge on any atom is 0.281 e. The highest BCUT2D eigenvalue weighted by Gasteiger charge is 2.32. The molecule has 2 aromatic carbocycles. The minimum absolute atomic E-state index is 0.281. The van der Waals surface area contributed by atoms with Gasteiger partial charge in [-0.25, -0.2) is 4.99 Å². The van der Waals surface area contributed by atoms with E-state index in [1.165, 1.54) is 0 Å². The fourth-order valence-electron chi connectivity index (χ4n) is 2.62. The van der Waals surface area contributed by atoms with Crippen molar-refractivity contribution in [1.82, 2.24) is 4.67 Å². The van der Waals surface area contributed by atoms with Crippen LogP contribution in [0.15, 0.2) is 53.5 Å². The Hall–Kier alpha value is -1.07. The van der Waals surface area contributed by atoms with Crippen LogP contribution in [0.3, 0.4) is 0 Å². The van der Waals surface area contributed by atoms with Gasteiger partial charge in [-0.3, -0.25) is 9.24 Å². The van der Waals surface area contributed by atoms with E-state index >= 15 is 0 Å². The van der Waals surface area contributed by atoms with Crippen molar-refractivity contribution in [3.05, 3.63) is 59.1 Å². The predicted octanol–water partition coefficient (Wildman–Crippen LogP) is 8.72. The molecule has 0 N–H and O–H groups in total. The second kappa shape index (κ2) is 13.6. The Bertz CT molecular complexity index is 912. The number of halogens is 1. The minimum Gasteiger partial charge on any atom is -0.492 e. The number of hydrogen-bond donors (Lipinski definition) is 0. The van der Waals surface area contributed by atoms with Gasteiger partial charge in [-0.2, -0.15) is 0 Å². The zero-order valence-electron chi connectivity index (χ0n) is 19.5. The molecule has 0 fully saturated rings. The molecule has 8 heteroatoms. The minimum atomic E-state index is -2.83. The van der Waals surface area contributed by atoms with Gasteiger partial charge in [0.2, 0.25) is 0 Å². The van der Waals surface area contributed by atoms with Gasteiger partial charge in [-0.15, -0.1) is 0 Å². The first-order valence-electron chi connectivity index (χ1n) is 10.9. The van der Waals surface area contributed by atoms with Gasteiger partial charge in [-0.1, -0.05) is 80.3 Å². The summed E-state index contributed by atoms with van der Waals surface area (Å²) in [5.41, 5.74) is -1.03. The summed E-state index contributed by atoms with van der Waals surface area (Å²) >= 11 is 9.20. The lowest BCUT2D eigenvalue weighted by Crippen LogP contribution is -2.23. The summed E-state index contributed by atoms with van der Waals surface area (Å²) < 4.78 is 22.1. The highest BCUT2D eigenvalue weighted by molar-refractivity contribution is 8.90. The fraction of sp³-hybridized carbons (Fsp3) is 0.458. The number of hydrogen-bond acceptors (Lipinski definition) is 5. The molecule has 0 spiro atoms. The molecule has 0 aliphatic rings. The van der Waals surface area contributed by atoms with E-state index in [9.17, 15) is 4.57 Å². The smallest absolute Gasteiger partial charge is 0.281 e. The van der Waals surface area contributed by atoms with Crippen LogP contribution in [-0.2, 0) is 4.57 Å². The highest BCUT2D eigenvalue weighted by Crippen LogP contribution is 2.72. The summed E-state index contributed by atoms with van der Waals surface area (Å²) in [6.07, 6.45) is 2.69. The lowest BCUT2D eigenvalue weighted by Gasteiger charge is -2.31. The van der Waals surface area contributed by atoms with Crippen LogP contribution in [0.2, 0.25) is 5.02 Å². The maximum atomic E-state index is 14.3. The third kappa shape index (κ3) is 9.05. The number of benzene rings is 2. The average molecular weight is 513 g/mol. The van der Waals surface area contributed by atoms with Gasteiger partial charge in [0, 0.05) is 16.0 Å². The van der Waals surface area contributed by atoms with E-state index in [2.05, 4.69) is 32.7 Å². The van der Waals surface area contributed by atoms with E-state index in [0.717, 1.165) is 29.2 Å². The van der Waals surface area contributed by atoms with Crippen molar-refractivity contribution in [2.75, 3.05) is 18.9 Å². The molecule has 0 amide bonds. The number of aliphatic imine (C=N–C) groups is 1. The van der Waals surface area contributed by atoms with E-state index in [1.54, 1.807) is 29.1 Å². The largest absolute Gasteiger partial charge is 0.492 e. The van der Waals surface area contributed by atoms with E-state index in [1.807, 2.05) is 60.1 Å². The first kappa shape index (κ1) is 27.2. The van der Waals surface area contributed by atoms with Crippen LogP contribution in [0, 0.1) is 12.8 Å². The molecule has 0 heterocycles. The molecule has 176 valence electrons. The van der Waals surface area contributed by atoms with Crippen molar-refractivity contribution in [2.24, 2.45) is 10.9 Å². The zero-order valence-corrected chi connectivity index (χ0v) is 22.8. The quantitative estimate of drug-likeness (QED) is 0.152. The molecule has 0 aromatic heterocycles. The van der Waals surface area contributed by atoms with E-state index in [-0.39, 0.29) is 5.25 Å². The molecule has 2 atom stereocenters.